The molecule has 4 atom stereocenters. The van der Waals surface area contributed by atoms with Crippen molar-refractivity contribution in [2.75, 3.05) is 6.54 Å². The fourth-order valence-corrected chi connectivity index (χ4v) is 4.67. The van der Waals surface area contributed by atoms with E-state index in [9.17, 15) is 34.2 Å². The first-order valence-corrected chi connectivity index (χ1v) is 14.2. The van der Waals surface area contributed by atoms with Gasteiger partial charge < -0.3 is 48.3 Å². The lowest BCUT2D eigenvalue weighted by molar-refractivity contribution is -0.142. The number of hydrogen-bond acceptors (Lipinski definition) is 8. The number of amides is 4. The van der Waals surface area contributed by atoms with Gasteiger partial charge in [0.1, 0.15) is 23.9 Å². The fraction of sp³-hybridized carbons (Fsp3) is 0.367. The third kappa shape index (κ3) is 9.81. The van der Waals surface area contributed by atoms with E-state index in [0.717, 1.165) is 10.9 Å². The van der Waals surface area contributed by atoms with E-state index in [4.69, 9.17) is 17.2 Å². The number of carbonyl (C=O) groups is 5. The lowest BCUT2D eigenvalue weighted by Gasteiger charge is -2.25. The van der Waals surface area contributed by atoms with Crippen LogP contribution >= 0.6 is 0 Å². The molecule has 1 heterocycles. The van der Waals surface area contributed by atoms with Crippen LogP contribution in [0.2, 0.25) is 0 Å². The molecule has 236 valence electrons. The van der Waals surface area contributed by atoms with Crippen molar-refractivity contribution < 1.29 is 34.2 Å². The van der Waals surface area contributed by atoms with E-state index in [1.165, 1.54) is 24.3 Å². The molecule has 0 aliphatic carbocycles. The van der Waals surface area contributed by atoms with Crippen LogP contribution in [0, 0.1) is 0 Å². The highest BCUT2D eigenvalue weighted by Crippen LogP contribution is 2.20. The van der Waals surface area contributed by atoms with Gasteiger partial charge in [0.05, 0.1) is 12.5 Å². The molecule has 0 radical (unpaired) electrons. The van der Waals surface area contributed by atoms with Crippen molar-refractivity contribution >= 4 is 40.5 Å². The summed E-state index contributed by atoms with van der Waals surface area (Å²) in [5, 5.41) is 27.6. The minimum Gasteiger partial charge on any atom is -0.508 e. The van der Waals surface area contributed by atoms with Crippen LogP contribution in [-0.4, -0.2) is 75.5 Å². The van der Waals surface area contributed by atoms with Crippen molar-refractivity contribution in [1.29, 1.82) is 0 Å². The van der Waals surface area contributed by atoms with Crippen LogP contribution in [0.15, 0.2) is 54.7 Å². The molecule has 4 unspecified atom stereocenters. The van der Waals surface area contributed by atoms with E-state index in [0.29, 0.717) is 36.9 Å². The Bertz CT molecular complexity index is 1460. The topological polar surface area (TPSA) is 256 Å². The zero-order valence-corrected chi connectivity index (χ0v) is 24.1. The van der Waals surface area contributed by atoms with Crippen LogP contribution in [0.5, 0.6) is 5.75 Å². The standard InChI is InChI=1S/C30H39N7O7/c31-12-4-3-6-21(32)27(40)35-24(15-26(33)39)29(42)36-23(14-18-16-34-22-7-2-1-5-20(18)22)28(41)37-25(30(43)44)13-17-8-10-19(38)11-9-17/h1-2,5,7-11,16,21,23-25,34,38H,3-4,6,12-15,31-32H2,(H2,33,39)(H,35,40)(H,36,42)(H,37,41)(H,43,44). The maximum atomic E-state index is 13.6. The number of aromatic hydroxyl groups is 1. The summed E-state index contributed by atoms with van der Waals surface area (Å²) in [6.07, 6.45) is 2.50. The Morgan fingerprint density at radius 1 is 0.818 bits per heavy atom. The number of aliphatic carboxylic acids is 1. The van der Waals surface area contributed by atoms with Crippen LogP contribution < -0.4 is 33.2 Å². The van der Waals surface area contributed by atoms with E-state index in [2.05, 4.69) is 20.9 Å². The molecule has 0 saturated heterocycles. The highest BCUT2D eigenvalue weighted by Gasteiger charge is 2.32. The molecule has 3 rings (SSSR count). The summed E-state index contributed by atoms with van der Waals surface area (Å²) >= 11 is 0. The molecule has 0 bridgehead atoms. The predicted octanol–water partition coefficient (Wildman–Crippen LogP) is -0.471. The third-order valence-electron chi connectivity index (χ3n) is 7.07. The summed E-state index contributed by atoms with van der Waals surface area (Å²) in [6, 6.07) is 8.05. The number of rotatable bonds is 17. The number of hydrogen-bond donors (Lipinski definition) is 9. The Morgan fingerprint density at radius 2 is 1.45 bits per heavy atom. The number of nitrogens with one attached hydrogen (secondary N) is 4. The summed E-state index contributed by atoms with van der Waals surface area (Å²) in [4.78, 5) is 66.7. The zero-order valence-electron chi connectivity index (χ0n) is 24.1. The van der Waals surface area contributed by atoms with E-state index in [1.807, 2.05) is 18.2 Å². The average Bonchev–Trinajstić information content (AvgIpc) is 3.39. The summed E-state index contributed by atoms with van der Waals surface area (Å²) in [7, 11) is 0. The van der Waals surface area contributed by atoms with Gasteiger partial charge in [0.25, 0.3) is 0 Å². The summed E-state index contributed by atoms with van der Waals surface area (Å²) in [6.45, 7) is 0.429. The van der Waals surface area contributed by atoms with Gasteiger partial charge in [-0.1, -0.05) is 36.8 Å². The van der Waals surface area contributed by atoms with Crippen LogP contribution in [0.3, 0.4) is 0 Å². The number of carboxylic acid groups (broad SMARTS) is 1. The van der Waals surface area contributed by atoms with Gasteiger partial charge in [-0.2, -0.15) is 0 Å². The first kappa shape index (κ1) is 33.6. The highest BCUT2D eigenvalue weighted by molar-refractivity contribution is 5.96. The Morgan fingerprint density at radius 3 is 2.11 bits per heavy atom. The summed E-state index contributed by atoms with van der Waals surface area (Å²) in [5.41, 5.74) is 18.8. The molecule has 14 nitrogen and oxygen atoms in total. The molecule has 0 spiro atoms. The van der Waals surface area contributed by atoms with Crippen molar-refractivity contribution in [3.05, 3.63) is 65.9 Å². The monoisotopic (exact) mass is 609 g/mol. The van der Waals surface area contributed by atoms with Crippen molar-refractivity contribution in [1.82, 2.24) is 20.9 Å². The molecule has 0 aliphatic rings. The number of benzene rings is 2. The van der Waals surface area contributed by atoms with E-state index in [-0.39, 0.29) is 18.6 Å². The lowest BCUT2D eigenvalue weighted by atomic mass is 10.0. The number of primary amides is 1. The quantitative estimate of drug-likeness (QED) is 0.0895. The number of unbranched alkanes of at least 4 members (excludes halogenated alkanes) is 1. The van der Waals surface area contributed by atoms with Crippen molar-refractivity contribution in [2.45, 2.75) is 62.7 Å². The fourth-order valence-electron chi connectivity index (χ4n) is 4.67. The van der Waals surface area contributed by atoms with Gasteiger partial charge in [-0.25, -0.2) is 4.79 Å². The largest absolute Gasteiger partial charge is 0.508 e. The minimum atomic E-state index is -1.44. The molecule has 44 heavy (non-hydrogen) atoms. The Labute approximate surface area is 253 Å². The van der Waals surface area contributed by atoms with Crippen molar-refractivity contribution in [2.24, 2.45) is 17.2 Å². The number of nitrogens with two attached hydrogens (primary N) is 3. The molecule has 12 N–H and O–H groups in total. The maximum absolute atomic E-state index is 13.6. The van der Waals surface area contributed by atoms with E-state index >= 15 is 0 Å². The van der Waals surface area contributed by atoms with Gasteiger partial charge in [0.15, 0.2) is 0 Å². The van der Waals surface area contributed by atoms with Crippen molar-refractivity contribution in [3.8, 4) is 5.75 Å². The highest BCUT2D eigenvalue weighted by atomic mass is 16.4. The smallest absolute Gasteiger partial charge is 0.326 e. The third-order valence-corrected chi connectivity index (χ3v) is 7.07. The number of para-hydroxylation sites is 1. The Hall–Kier alpha value is -4.95. The lowest BCUT2D eigenvalue weighted by Crippen LogP contribution is -2.58. The van der Waals surface area contributed by atoms with Gasteiger partial charge in [0.2, 0.25) is 23.6 Å². The van der Waals surface area contributed by atoms with Crippen LogP contribution in [0.1, 0.15) is 36.8 Å². The van der Waals surface area contributed by atoms with Crippen LogP contribution in [0.25, 0.3) is 10.9 Å². The number of aromatic nitrogens is 1. The molecular formula is C30H39N7O7. The van der Waals surface area contributed by atoms with Gasteiger partial charge in [0, 0.05) is 29.9 Å². The number of fused-ring (bicyclic) bond motifs is 1. The van der Waals surface area contributed by atoms with Gasteiger partial charge in [-0.3, -0.25) is 19.2 Å². The summed E-state index contributed by atoms with van der Waals surface area (Å²) < 4.78 is 0. The maximum Gasteiger partial charge on any atom is 0.326 e. The summed E-state index contributed by atoms with van der Waals surface area (Å²) in [5.74, 6) is -4.55. The first-order valence-electron chi connectivity index (χ1n) is 14.2. The number of phenols is 1. The van der Waals surface area contributed by atoms with Gasteiger partial charge >= 0.3 is 5.97 Å². The Balaban J connectivity index is 1.84. The van der Waals surface area contributed by atoms with E-state index in [1.54, 1.807) is 12.3 Å². The molecule has 14 heteroatoms. The molecule has 4 amide bonds. The van der Waals surface area contributed by atoms with Crippen LogP contribution in [0.4, 0.5) is 0 Å². The molecule has 2 aromatic carbocycles. The predicted molar refractivity (Wildman–Crippen MR) is 162 cm³/mol. The number of carbonyl (C=O) groups excluding carboxylic acids is 4. The number of carboxylic acids is 1. The van der Waals surface area contributed by atoms with Gasteiger partial charge in [-0.05, 0) is 48.7 Å². The Kier molecular flexibility index (Phi) is 12.2. The van der Waals surface area contributed by atoms with Crippen molar-refractivity contribution in [3.63, 3.8) is 0 Å². The normalized spacial score (nSPS) is 13.8. The molecule has 0 saturated carbocycles. The molecular weight excluding hydrogens is 570 g/mol. The first-order chi connectivity index (χ1) is 21.0. The molecule has 3 aromatic rings. The number of phenolic OH excluding ortho intramolecular Hbond substituents is 1. The van der Waals surface area contributed by atoms with E-state index < -0.39 is 60.2 Å². The average molecular weight is 610 g/mol. The molecule has 0 fully saturated rings. The minimum absolute atomic E-state index is 0.000267. The molecule has 1 aromatic heterocycles. The van der Waals surface area contributed by atoms with Gasteiger partial charge in [-0.15, -0.1) is 0 Å². The molecule has 0 aliphatic heterocycles. The second-order valence-electron chi connectivity index (χ2n) is 10.5. The number of H-pyrrole nitrogens is 1. The zero-order chi connectivity index (χ0) is 32.2. The SMILES string of the molecule is NCCCCC(N)C(=O)NC(CC(N)=O)C(=O)NC(Cc1c[nH]c2ccccc12)C(=O)NC(Cc1ccc(O)cc1)C(=O)O. The van der Waals surface area contributed by atoms with Crippen LogP contribution in [-0.2, 0) is 36.8 Å². The number of aromatic amines is 1. The second-order valence-corrected chi connectivity index (χ2v) is 10.5. The second kappa shape index (κ2) is 16.0.